The highest BCUT2D eigenvalue weighted by Gasteiger charge is 2.35. The van der Waals surface area contributed by atoms with E-state index in [4.69, 9.17) is 13.9 Å². The molecule has 0 N–H and O–H groups in total. The molecule has 1 aliphatic carbocycles. The Hall–Kier alpha value is -2.95. The van der Waals surface area contributed by atoms with Crippen LogP contribution in [0.4, 0.5) is 5.69 Å². The maximum absolute atomic E-state index is 13.3. The van der Waals surface area contributed by atoms with E-state index in [0.29, 0.717) is 12.3 Å². The van der Waals surface area contributed by atoms with Gasteiger partial charge < -0.3 is 18.8 Å². The number of ether oxygens (including phenoxy) is 2. The second-order valence-electron chi connectivity index (χ2n) is 7.34. The fourth-order valence-corrected chi connectivity index (χ4v) is 3.71. The number of nitrogens with zero attached hydrogens (tertiary/aromatic N) is 1. The van der Waals surface area contributed by atoms with E-state index in [1.54, 1.807) is 20.5 Å². The molecule has 5 heteroatoms. The van der Waals surface area contributed by atoms with Gasteiger partial charge in [-0.15, -0.1) is 0 Å². The van der Waals surface area contributed by atoms with Gasteiger partial charge in [0.2, 0.25) is 5.91 Å². The van der Waals surface area contributed by atoms with Gasteiger partial charge in [-0.3, -0.25) is 4.79 Å². The van der Waals surface area contributed by atoms with Gasteiger partial charge in [0, 0.05) is 28.7 Å². The molecule has 0 radical (unpaired) electrons. The summed E-state index contributed by atoms with van der Waals surface area (Å²) in [4.78, 5) is 15.3. The quantitative estimate of drug-likeness (QED) is 0.590. The molecule has 1 heterocycles. The van der Waals surface area contributed by atoms with Gasteiger partial charge in [-0.1, -0.05) is 0 Å². The van der Waals surface area contributed by atoms with Gasteiger partial charge in [-0.05, 0) is 62.1 Å². The number of carbonyl (C=O) groups is 1. The summed E-state index contributed by atoms with van der Waals surface area (Å²) in [6.45, 7) is 2.14. The predicted molar refractivity (Wildman–Crippen MR) is 109 cm³/mol. The van der Waals surface area contributed by atoms with E-state index in [9.17, 15) is 4.79 Å². The molecule has 0 saturated heterocycles. The molecule has 28 heavy (non-hydrogen) atoms. The lowest BCUT2D eigenvalue weighted by Gasteiger charge is -2.30. The first-order valence-electron chi connectivity index (χ1n) is 9.61. The number of benzene rings is 2. The van der Waals surface area contributed by atoms with Gasteiger partial charge in [0.25, 0.3) is 0 Å². The minimum Gasteiger partial charge on any atom is -0.497 e. The summed E-state index contributed by atoms with van der Waals surface area (Å²) < 4.78 is 16.2. The zero-order valence-corrected chi connectivity index (χ0v) is 16.5. The van der Waals surface area contributed by atoms with Crippen molar-refractivity contribution >= 4 is 22.6 Å². The normalized spacial score (nSPS) is 14.7. The highest BCUT2D eigenvalue weighted by atomic mass is 16.5. The smallest absolute Gasteiger partial charge is 0.231 e. The van der Waals surface area contributed by atoms with Crippen LogP contribution in [0.1, 0.15) is 25.3 Å². The highest BCUT2D eigenvalue weighted by Crippen LogP contribution is 2.38. The van der Waals surface area contributed by atoms with Crippen molar-refractivity contribution in [1.82, 2.24) is 0 Å². The Morgan fingerprint density at radius 2 is 1.79 bits per heavy atom. The maximum atomic E-state index is 13.3. The molecule has 1 aromatic heterocycles. The van der Waals surface area contributed by atoms with E-state index in [2.05, 4.69) is 6.92 Å². The Balaban J connectivity index is 1.62. The fraction of sp³-hybridized carbons (Fsp3) is 0.348. The molecule has 2 aromatic carbocycles. The molecule has 1 unspecified atom stereocenters. The van der Waals surface area contributed by atoms with E-state index in [1.165, 1.54) is 12.8 Å². The number of fused-ring (bicyclic) bond motifs is 1. The van der Waals surface area contributed by atoms with Crippen molar-refractivity contribution in [2.45, 2.75) is 32.2 Å². The van der Waals surface area contributed by atoms with Crippen LogP contribution in [0.5, 0.6) is 11.5 Å². The number of rotatable bonds is 7. The lowest BCUT2D eigenvalue weighted by atomic mass is 10.1. The van der Waals surface area contributed by atoms with E-state index in [1.807, 2.05) is 47.4 Å². The van der Waals surface area contributed by atoms with E-state index in [0.717, 1.165) is 33.7 Å². The molecule has 4 rings (SSSR count). The molecule has 0 spiro atoms. The van der Waals surface area contributed by atoms with E-state index >= 15 is 0 Å². The third kappa shape index (κ3) is 3.57. The van der Waals surface area contributed by atoms with E-state index in [-0.39, 0.29) is 11.9 Å². The summed E-state index contributed by atoms with van der Waals surface area (Å²) in [6, 6.07) is 13.5. The van der Waals surface area contributed by atoms with Crippen molar-refractivity contribution in [3.8, 4) is 11.5 Å². The topological polar surface area (TPSA) is 51.9 Å². The lowest BCUT2D eigenvalue weighted by molar-refractivity contribution is -0.118. The van der Waals surface area contributed by atoms with Crippen LogP contribution >= 0.6 is 0 Å². The zero-order chi connectivity index (χ0) is 19.7. The fourth-order valence-electron chi connectivity index (χ4n) is 3.71. The number of hydrogen-bond donors (Lipinski definition) is 0. The average Bonchev–Trinajstić information content (AvgIpc) is 3.50. The number of hydrogen-bond acceptors (Lipinski definition) is 4. The summed E-state index contributed by atoms with van der Waals surface area (Å²) >= 11 is 0. The van der Waals surface area contributed by atoms with Crippen LogP contribution in [0.25, 0.3) is 11.0 Å². The summed E-state index contributed by atoms with van der Waals surface area (Å²) in [5.41, 5.74) is 2.53. The molecule has 146 valence electrons. The monoisotopic (exact) mass is 379 g/mol. The summed E-state index contributed by atoms with van der Waals surface area (Å²) in [6.07, 6.45) is 4.32. The Bertz CT molecular complexity index is 972. The summed E-state index contributed by atoms with van der Waals surface area (Å²) in [7, 11) is 3.27. The maximum Gasteiger partial charge on any atom is 0.231 e. The highest BCUT2D eigenvalue weighted by molar-refractivity contribution is 5.98. The minimum absolute atomic E-state index is 0.0723. The second-order valence-corrected chi connectivity index (χ2v) is 7.34. The van der Waals surface area contributed by atoms with Crippen LogP contribution in [-0.4, -0.2) is 26.2 Å². The zero-order valence-electron chi connectivity index (χ0n) is 16.5. The largest absolute Gasteiger partial charge is 0.497 e. The molecular formula is C23H25NO4. The number of amides is 1. The Morgan fingerprint density at radius 1 is 1.11 bits per heavy atom. The molecule has 1 atom stereocenters. The third-order valence-electron chi connectivity index (χ3n) is 5.54. The molecular weight excluding hydrogens is 354 g/mol. The van der Waals surface area contributed by atoms with Gasteiger partial charge in [0.05, 0.1) is 26.9 Å². The number of methoxy groups -OCH3 is 2. The van der Waals surface area contributed by atoms with Crippen molar-refractivity contribution in [3.63, 3.8) is 0 Å². The number of anilines is 1. The molecule has 1 saturated carbocycles. The van der Waals surface area contributed by atoms with E-state index < -0.39 is 0 Å². The Morgan fingerprint density at radius 3 is 2.43 bits per heavy atom. The Kier molecular flexibility index (Phi) is 4.99. The summed E-state index contributed by atoms with van der Waals surface area (Å²) in [5, 5.41) is 0.947. The first-order valence-corrected chi connectivity index (χ1v) is 9.61. The predicted octanol–water partition coefficient (Wildman–Crippen LogP) is 4.82. The van der Waals surface area contributed by atoms with Crippen LogP contribution < -0.4 is 14.4 Å². The number of furan rings is 1. The summed E-state index contributed by atoms with van der Waals surface area (Å²) in [5.74, 6) is 2.16. The SMILES string of the molecule is COc1ccc(N(C(=O)Cc2coc3cc(OC)ccc23)C(C)C2CC2)cc1. The standard InChI is InChI=1S/C23H25NO4/c1-15(16-4-5-16)24(18-6-8-19(26-2)9-7-18)23(25)12-17-14-28-22-13-20(27-3)10-11-21(17)22/h6-11,13-16H,4-5,12H2,1-3H3. The molecule has 1 fully saturated rings. The molecule has 1 amide bonds. The average molecular weight is 379 g/mol. The van der Waals surface area contributed by atoms with Crippen molar-refractivity contribution in [2.75, 3.05) is 19.1 Å². The lowest BCUT2D eigenvalue weighted by Crippen LogP contribution is -2.41. The van der Waals surface area contributed by atoms with Crippen LogP contribution in [0.2, 0.25) is 0 Å². The number of carbonyl (C=O) groups excluding carboxylic acids is 1. The second kappa shape index (κ2) is 7.58. The van der Waals surface area contributed by atoms with Gasteiger partial charge in [0.1, 0.15) is 17.1 Å². The van der Waals surface area contributed by atoms with Crippen LogP contribution in [0.3, 0.4) is 0 Å². The van der Waals surface area contributed by atoms with Crippen molar-refractivity contribution < 1.29 is 18.7 Å². The molecule has 0 aliphatic heterocycles. The van der Waals surface area contributed by atoms with Crippen LogP contribution in [0, 0.1) is 5.92 Å². The molecule has 3 aromatic rings. The van der Waals surface area contributed by atoms with Crippen LogP contribution in [-0.2, 0) is 11.2 Å². The van der Waals surface area contributed by atoms with Crippen molar-refractivity contribution in [1.29, 1.82) is 0 Å². The Labute approximate surface area is 164 Å². The first kappa shape index (κ1) is 18.4. The molecule has 1 aliphatic rings. The van der Waals surface area contributed by atoms with Crippen molar-refractivity contribution in [2.24, 2.45) is 5.92 Å². The van der Waals surface area contributed by atoms with Gasteiger partial charge in [-0.2, -0.15) is 0 Å². The van der Waals surface area contributed by atoms with Gasteiger partial charge in [0.15, 0.2) is 0 Å². The van der Waals surface area contributed by atoms with Gasteiger partial charge in [-0.25, -0.2) is 0 Å². The van der Waals surface area contributed by atoms with Crippen LogP contribution in [0.15, 0.2) is 53.1 Å². The molecule has 5 nitrogen and oxygen atoms in total. The van der Waals surface area contributed by atoms with Crippen molar-refractivity contribution in [3.05, 3.63) is 54.3 Å². The minimum atomic E-state index is 0.0723. The molecule has 0 bridgehead atoms. The van der Waals surface area contributed by atoms with Gasteiger partial charge >= 0.3 is 0 Å². The third-order valence-corrected chi connectivity index (χ3v) is 5.54. The first-order chi connectivity index (χ1) is 13.6.